The summed E-state index contributed by atoms with van der Waals surface area (Å²) in [6.07, 6.45) is 9.36. The van der Waals surface area contributed by atoms with Gasteiger partial charge in [-0.1, -0.05) is 45.1 Å². The van der Waals surface area contributed by atoms with Crippen molar-refractivity contribution < 1.29 is 0 Å². The summed E-state index contributed by atoms with van der Waals surface area (Å²) in [6.45, 7) is 8.14. The van der Waals surface area contributed by atoms with Crippen molar-refractivity contribution in [3.8, 4) is 0 Å². The Bertz CT molecular complexity index is 68.1. The average molecular weight is 126 g/mol. The highest BCUT2D eigenvalue weighted by molar-refractivity contribution is 5.00. The molecule has 0 spiro atoms. The predicted octanol–water partition coefficient (Wildman–Crippen LogP) is 3.55. The van der Waals surface area contributed by atoms with E-state index >= 15 is 0 Å². The lowest BCUT2D eigenvalue weighted by Gasteiger charge is -1.70. The Kier molecular flexibility index (Phi) is 19.6. The molecule has 0 aromatic rings. The summed E-state index contributed by atoms with van der Waals surface area (Å²) < 4.78 is 0. The maximum atomic E-state index is 2.12. The smallest absolute Gasteiger partial charge is 0.0376 e. The summed E-state index contributed by atoms with van der Waals surface area (Å²) in [7, 11) is 0. The molecule has 0 saturated carbocycles. The van der Waals surface area contributed by atoms with E-state index in [2.05, 4.69) is 19.1 Å². The Morgan fingerprint density at radius 2 is 1.67 bits per heavy atom. The summed E-state index contributed by atoms with van der Waals surface area (Å²) in [6, 6.07) is 0. The summed E-state index contributed by atoms with van der Waals surface area (Å²) in [4.78, 5) is 0. The minimum atomic E-state index is 1.13. The van der Waals surface area contributed by atoms with Crippen LogP contribution in [0.5, 0.6) is 0 Å². The van der Waals surface area contributed by atoms with Crippen molar-refractivity contribution >= 4 is 0 Å². The molecule has 0 aliphatic heterocycles. The van der Waals surface area contributed by atoms with Crippen LogP contribution >= 0.6 is 0 Å². The first-order chi connectivity index (χ1) is 4.41. The highest BCUT2D eigenvalue weighted by Crippen LogP contribution is 1.79. The van der Waals surface area contributed by atoms with Gasteiger partial charge < -0.3 is 0 Å². The van der Waals surface area contributed by atoms with E-state index in [1.54, 1.807) is 0 Å². The Balaban J connectivity index is 0. The van der Waals surface area contributed by atoms with E-state index in [-0.39, 0.29) is 0 Å². The van der Waals surface area contributed by atoms with Crippen LogP contribution in [0.2, 0.25) is 0 Å². The fourth-order valence-electron chi connectivity index (χ4n) is 0.326. The molecule has 0 nitrogen and oxygen atoms in total. The Hall–Kier alpha value is -0.520. The first-order valence-electron chi connectivity index (χ1n) is 3.69. The van der Waals surface area contributed by atoms with Crippen molar-refractivity contribution in [2.45, 2.75) is 34.1 Å². The largest absolute Gasteiger partial charge is 0.0877 e. The number of hydrogen-bond acceptors (Lipinski definition) is 0. The molecule has 0 heteroatoms. The van der Waals surface area contributed by atoms with Gasteiger partial charge in [-0.05, 0) is 13.3 Å². The second kappa shape index (κ2) is 15.6. The number of allylic oxidation sites excluding steroid dienone is 4. The molecule has 0 aromatic carbocycles. The van der Waals surface area contributed by atoms with Crippen molar-refractivity contribution in [3.63, 3.8) is 0 Å². The maximum Gasteiger partial charge on any atom is -0.0376 e. The minimum absolute atomic E-state index is 1.13. The van der Waals surface area contributed by atoms with E-state index in [0.717, 1.165) is 6.42 Å². The van der Waals surface area contributed by atoms with Gasteiger partial charge in [0, 0.05) is 0 Å². The van der Waals surface area contributed by atoms with Crippen molar-refractivity contribution in [2.24, 2.45) is 0 Å². The van der Waals surface area contributed by atoms with Gasteiger partial charge in [-0.15, -0.1) is 0 Å². The second-order valence-electron chi connectivity index (χ2n) is 1.36. The molecule has 0 aliphatic carbocycles. The van der Waals surface area contributed by atoms with Crippen LogP contribution < -0.4 is 0 Å². The molecular weight excluding hydrogens is 108 g/mol. The zero-order chi connectivity index (χ0) is 7.54. The summed E-state index contributed by atoms with van der Waals surface area (Å²) in [5.74, 6) is 0. The molecule has 0 radical (unpaired) electrons. The summed E-state index contributed by atoms with van der Waals surface area (Å²) in [5, 5.41) is 0. The zero-order valence-electron chi connectivity index (χ0n) is 7.02. The first-order valence-corrected chi connectivity index (χ1v) is 3.69. The molecule has 0 heterocycles. The lowest BCUT2D eigenvalue weighted by atomic mass is 10.4. The third-order valence-corrected chi connectivity index (χ3v) is 0.675. The molecule has 0 atom stereocenters. The molecule has 0 aliphatic rings. The lowest BCUT2D eigenvalue weighted by molar-refractivity contribution is 1.22. The van der Waals surface area contributed by atoms with Gasteiger partial charge in [0.1, 0.15) is 0 Å². The van der Waals surface area contributed by atoms with Crippen LogP contribution in [-0.4, -0.2) is 0 Å². The Morgan fingerprint density at radius 3 is 2.00 bits per heavy atom. The van der Waals surface area contributed by atoms with Crippen molar-refractivity contribution in [1.29, 1.82) is 0 Å². The maximum absolute atomic E-state index is 2.12. The number of rotatable bonds is 2. The van der Waals surface area contributed by atoms with Crippen molar-refractivity contribution in [1.82, 2.24) is 0 Å². The van der Waals surface area contributed by atoms with Gasteiger partial charge in [-0.2, -0.15) is 0 Å². The van der Waals surface area contributed by atoms with Gasteiger partial charge in [0.2, 0.25) is 0 Å². The molecule has 0 unspecified atom stereocenters. The monoisotopic (exact) mass is 126 g/mol. The van der Waals surface area contributed by atoms with E-state index < -0.39 is 0 Å². The highest BCUT2D eigenvalue weighted by atomic mass is 13.6. The molecular formula is C9H18. The van der Waals surface area contributed by atoms with Crippen LogP contribution in [-0.2, 0) is 0 Å². The second-order valence-corrected chi connectivity index (χ2v) is 1.36. The standard InChI is InChI=1S/C7H12.C2H6/c1-3-5-7-6-4-2;1-2/h3,5-7H,4H2,1-2H3;1-2H3/b5-3+,7-6-;. The van der Waals surface area contributed by atoms with Gasteiger partial charge in [0.05, 0.1) is 0 Å². The molecule has 0 aromatic heterocycles. The number of hydrogen-bond donors (Lipinski definition) is 0. The molecule has 0 saturated heterocycles. The van der Waals surface area contributed by atoms with Crippen molar-refractivity contribution in [3.05, 3.63) is 24.3 Å². The van der Waals surface area contributed by atoms with Gasteiger partial charge in [-0.25, -0.2) is 0 Å². The third-order valence-electron chi connectivity index (χ3n) is 0.675. The molecule has 0 bridgehead atoms. The minimum Gasteiger partial charge on any atom is -0.0877 e. The third kappa shape index (κ3) is 18.5. The first kappa shape index (κ1) is 11.3. The van der Waals surface area contributed by atoms with E-state index in [4.69, 9.17) is 0 Å². The van der Waals surface area contributed by atoms with Gasteiger partial charge in [-0.3, -0.25) is 0 Å². The summed E-state index contributed by atoms with van der Waals surface area (Å²) in [5.41, 5.74) is 0. The van der Waals surface area contributed by atoms with Crippen LogP contribution in [0.3, 0.4) is 0 Å². The van der Waals surface area contributed by atoms with Gasteiger partial charge in [0.15, 0.2) is 0 Å². The van der Waals surface area contributed by atoms with Crippen LogP contribution in [0.4, 0.5) is 0 Å². The normalized spacial score (nSPS) is 9.78. The van der Waals surface area contributed by atoms with Gasteiger partial charge >= 0.3 is 0 Å². The van der Waals surface area contributed by atoms with E-state index in [9.17, 15) is 0 Å². The molecule has 9 heavy (non-hydrogen) atoms. The molecule has 0 rings (SSSR count). The zero-order valence-corrected chi connectivity index (χ0v) is 7.02. The molecule has 0 amide bonds. The summed E-state index contributed by atoms with van der Waals surface area (Å²) >= 11 is 0. The van der Waals surface area contributed by atoms with Crippen LogP contribution in [0.15, 0.2) is 24.3 Å². The SMILES string of the molecule is C/C=C/C=C\CC.CC. The van der Waals surface area contributed by atoms with E-state index in [1.807, 2.05) is 32.9 Å². The Labute approximate surface area is 59.3 Å². The lowest BCUT2D eigenvalue weighted by Crippen LogP contribution is -1.48. The molecule has 0 fully saturated rings. The Morgan fingerprint density at radius 1 is 1.11 bits per heavy atom. The average Bonchev–Trinajstić information content (AvgIpc) is 1.94. The highest BCUT2D eigenvalue weighted by Gasteiger charge is 1.57. The van der Waals surface area contributed by atoms with Crippen LogP contribution in [0.25, 0.3) is 0 Å². The predicted molar refractivity (Wildman–Crippen MR) is 45.6 cm³/mol. The van der Waals surface area contributed by atoms with Crippen LogP contribution in [0, 0.1) is 0 Å². The molecule has 0 N–H and O–H groups in total. The van der Waals surface area contributed by atoms with E-state index in [1.165, 1.54) is 0 Å². The van der Waals surface area contributed by atoms with Crippen LogP contribution in [0.1, 0.15) is 34.1 Å². The topological polar surface area (TPSA) is 0 Å². The fourth-order valence-corrected chi connectivity index (χ4v) is 0.326. The van der Waals surface area contributed by atoms with Gasteiger partial charge in [0.25, 0.3) is 0 Å². The quantitative estimate of drug-likeness (QED) is 0.496. The fraction of sp³-hybridized carbons (Fsp3) is 0.556. The van der Waals surface area contributed by atoms with E-state index in [0.29, 0.717) is 0 Å². The molecule has 54 valence electrons. The van der Waals surface area contributed by atoms with Crippen molar-refractivity contribution in [2.75, 3.05) is 0 Å².